The van der Waals surface area contributed by atoms with E-state index in [4.69, 9.17) is 0 Å². The summed E-state index contributed by atoms with van der Waals surface area (Å²) in [4.78, 5) is 0. The fourth-order valence-corrected chi connectivity index (χ4v) is 0.501. The number of hydrogen-bond donors (Lipinski definition) is 0. The molecule has 0 saturated carbocycles. The molecule has 0 aliphatic heterocycles. The van der Waals surface area contributed by atoms with Crippen molar-refractivity contribution < 1.29 is 0 Å². The molecule has 0 aliphatic carbocycles. The van der Waals surface area contributed by atoms with E-state index in [0.717, 1.165) is 5.92 Å². The highest BCUT2D eigenvalue weighted by Crippen LogP contribution is 2.01. The molecule has 52 valence electrons. The van der Waals surface area contributed by atoms with Crippen molar-refractivity contribution in [1.29, 1.82) is 0 Å². The van der Waals surface area contributed by atoms with E-state index in [1.54, 1.807) is 0 Å². The van der Waals surface area contributed by atoms with Gasteiger partial charge in [-0.1, -0.05) is 44.6 Å². The van der Waals surface area contributed by atoms with Crippen molar-refractivity contribution in [2.45, 2.75) is 27.2 Å². The Morgan fingerprint density at radius 2 is 2.00 bits per heavy atom. The van der Waals surface area contributed by atoms with Crippen LogP contribution >= 0.6 is 0 Å². The summed E-state index contributed by atoms with van der Waals surface area (Å²) in [5.41, 5.74) is 0. The predicted molar refractivity (Wildman–Crippen MR) is 43.4 cm³/mol. The zero-order valence-electron chi connectivity index (χ0n) is 6.59. The molecular weight excluding hydrogens is 108 g/mol. The van der Waals surface area contributed by atoms with Crippen molar-refractivity contribution >= 4 is 0 Å². The second-order valence-electron chi connectivity index (χ2n) is 2.30. The van der Waals surface area contributed by atoms with Gasteiger partial charge in [-0.25, -0.2) is 0 Å². The summed E-state index contributed by atoms with van der Waals surface area (Å²) in [5, 5.41) is 0. The second-order valence-corrected chi connectivity index (χ2v) is 2.30. The monoisotopic (exact) mass is 124 g/mol. The Morgan fingerprint density at radius 1 is 1.33 bits per heavy atom. The average molecular weight is 124 g/mol. The molecule has 0 nitrogen and oxygen atoms in total. The molecule has 0 amide bonds. The molecule has 0 aromatic rings. The van der Waals surface area contributed by atoms with Crippen LogP contribution in [0.4, 0.5) is 0 Å². The molecule has 0 heterocycles. The summed E-state index contributed by atoms with van der Waals surface area (Å²) in [6.07, 6.45) is 9.66. The molecule has 0 heteroatoms. The molecule has 0 radical (unpaired) electrons. The summed E-state index contributed by atoms with van der Waals surface area (Å²) < 4.78 is 0. The molecule has 0 spiro atoms. The molecule has 0 saturated heterocycles. The highest BCUT2D eigenvalue weighted by atomic mass is 13.9. The Kier molecular flexibility index (Phi) is 5.29. The van der Waals surface area contributed by atoms with Gasteiger partial charge in [0.05, 0.1) is 0 Å². The van der Waals surface area contributed by atoms with Crippen LogP contribution < -0.4 is 0 Å². The van der Waals surface area contributed by atoms with E-state index in [1.165, 1.54) is 6.42 Å². The number of allylic oxidation sites excluding steroid dienone is 4. The largest absolute Gasteiger partial charge is 0.0877 e. The Morgan fingerprint density at radius 3 is 2.44 bits per heavy atom. The van der Waals surface area contributed by atoms with Crippen LogP contribution in [0, 0.1) is 5.92 Å². The fraction of sp³-hybridized carbons (Fsp3) is 0.556. The molecule has 0 aromatic heterocycles. The van der Waals surface area contributed by atoms with Crippen LogP contribution in [0.3, 0.4) is 0 Å². The van der Waals surface area contributed by atoms with Crippen LogP contribution in [0.25, 0.3) is 0 Å². The van der Waals surface area contributed by atoms with Crippen molar-refractivity contribution in [3.63, 3.8) is 0 Å². The average Bonchev–Trinajstić information content (AvgIpc) is 1.89. The summed E-state index contributed by atoms with van der Waals surface area (Å²) in [6.45, 7) is 6.45. The standard InChI is InChI=1S/C9H16/c1-4-6-7-8-9(3)5-2/h4,6-9H,5H2,1-3H3/b6-4-,8-7-/t9-/m1/s1. The topological polar surface area (TPSA) is 0 Å². The molecular formula is C9H16. The third-order valence-corrected chi connectivity index (χ3v) is 1.39. The first-order chi connectivity index (χ1) is 4.31. The van der Waals surface area contributed by atoms with Gasteiger partial charge in [0, 0.05) is 0 Å². The zero-order chi connectivity index (χ0) is 7.11. The van der Waals surface area contributed by atoms with E-state index in [2.05, 4.69) is 32.1 Å². The maximum Gasteiger partial charge on any atom is -0.0261 e. The first-order valence-electron chi connectivity index (χ1n) is 3.60. The maximum atomic E-state index is 2.22. The van der Waals surface area contributed by atoms with Gasteiger partial charge in [0.25, 0.3) is 0 Å². The van der Waals surface area contributed by atoms with E-state index in [-0.39, 0.29) is 0 Å². The lowest BCUT2D eigenvalue weighted by Gasteiger charge is -1.96. The Hall–Kier alpha value is -0.520. The third kappa shape index (κ3) is 5.35. The maximum absolute atomic E-state index is 2.22. The lowest BCUT2D eigenvalue weighted by atomic mass is 10.1. The quantitative estimate of drug-likeness (QED) is 0.507. The van der Waals surface area contributed by atoms with Crippen LogP contribution in [0.5, 0.6) is 0 Å². The van der Waals surface area contributed by atoms with E-state index in [9.17, 15) is 0 Å². The predicted octanol–water partition coefficient (Wildman–Crippen LogP) is 3.16. The molecule has 0 bridgehead atoms. The minimum absolute atomic E-state index is 0.723. The van der Waals surface area contributed by atoms with Crippen LogP contribution in [-0.2, 0) is 0 Å². The SMILES string of the molecule is C/C=C\C=C/[C@H](C)CC. The van der Waals surface area contributed by atoms with Gasteiger partial charge in [-0.15, -0.1) is 0 Å². The summed E-state index contributed by atoms with van der Waals surface area (Å²) in [5.74, 6) is 0.723. The molecule has 0 aliphatic rings. The molecule has 0 aromatic carbocycles. The molecule has 9 heavy (non-hydrogen) atoms. The molecule has 0 N–H and O–H groups in total. The highest BCUT2D eigenvalue weighted by molar-refractivity contribution is 5.02. The summed E-state index contributed by atoms with van der Waals surface area (Å²) in [7, 11) is 0. The van der Waals surface area contributed by atoms with Crippen molar-refractivity contribution in [3.8, 4) is 0 Å². The van der Waals surface area contributed by atoms with Crippen LogP contribution in [0.1, 0.15) is 27.2 Å². The third-order valence-electron chi connectivity index (χ3n) is 1.39. The molecule has 0 fully saturated rings. The van der Waals surface area contributed by atoms with Crippen molar-refractivity contribution in [1.82, 2.24) is 0 Å². The van der Waals surface area contributed by atoms with Crippen molar-refractivity contribution in [2.75, 3.05) is 0 Å². The molecule has 0 rings (SSSR count). The van der Waals surface area contributed by atoms with Crippen molar-refractivity contribution in [2.24, 2.45) is 5.92 Å². The Labute approximate surface area is 58.3 Å². The Bertz CT molecular complexity index is 98.6. The van der Waals surface area contributed by atoms with E-state index in [0.29, 0.717) is 0 Å². The first kappa shape index (κ1) is 8.48. The highest BCUT2D eigenvalue weighted by Gasteiger charge is 1.86. The second kappa shape index (κ2) is 5.61. The van der Waals surface area contributed by atoms with Gasteiger partial charge in [0.1, 0.15) is 0 Å². The minimum atomic E-state index is 0.723. The lowest BCUT2D eigenvalue weighted by Crippen LogP contribution is -1.82. The van der Waals surface area contributed by atoms with Gasteiger partial charge in [-0.05, 0) is 12.8 Å². The smallest absolute Gasteiger partial charge is 0.0261 e. The Balaban J connectivity index is 3.43. The molecule has 1 atom stereocenters. The van der Waals surface area contributed by atoms with Gasteiger partial charge in [-0.2, -0.15) is 0 Å². The van der Waals surface area contributed by atoms with Gasteiger partial charge in [-0.3, -0.25) is 0 Å². The molecule has 0 unspecified atom stereocenters. The van der Waals surface area contributed by atoms with Crippen LogP contribution in [0.15, 0.2) is 24.3 Å². The minimum Gasteiger partial charge on any atom is -0.0877 e. The van der Waals surface area contributed by atoms with E-state index < -0.39 is 0 Å². The number of hydrogen-bond acceptors (Lipinski definition) is 0. The summed E-state index contributed by atoms with van der Waals surface area (Å²) in [6, 6.07) is 0. The fourth-order valence-electron chi connectivity index (χ4n) is 0.501. The van der Waals surface area contributed by atoms with E-state index in [1.807, 2.05) is 13.0 Å². The lowest BCUT2D eigenvalue weighted by molar-refractivity contribution is 0.698. The normalized spacial score (nSPS) is 15.4. The number of rotatable bonds is 3. The zero-order valence-corrected chi connectivity index (χ0v) is 6.59. The first-order valence-corrected chi connectivity index (χ1v) is 3.60. The van der Waals surface area contributed by atoms with Gasteiger partial charge in [0.15, 0.2) is 0 Å². The van der Waals surface area contributed by atoms with Crippen LogP contribution in [0.2, 0.25) is 0 Å². The van der Waals surface area contributed by atoms with E-state index >= 15 is 0 Å². The van der Waals surface area contributed by atoms with Gasteiger partial charge >= 0.3 is 0 Å². The van der Waals surface area contributed by atoms with Crippen molar-refractivity contribution in [3.05, 3.63) is 24.3 Å². The van der Waals surface area contributed by atoms with Gasteiger partial charge in [0.2, 0.25) is 0 Å². The summed E-state index contributed by atoms with van der Waals surface area (Å²) >= 11 is 0. The van der Waals surface area contributed by atoms with Crippen LogP contribution in [-0.4, -0.2) is 0 Å². The van der Waals surface area contributed by atoms with Gasteiger partial charge < -0.3 is 0 Å².